The van der Waals surface area contributed by atoms with E-state index in [1.807, 2.05) is 0 Å². The number of hydrogen-bond donors (Lipinski definition) is 0. The van der Waals surface area contributed by atoms with Gasteiger partial charge in [-0.15, -0.1) is 11.6 Å². The van der Waals surface area contributed by atoms with Crippen LogP contribution in [0.2, 0.25) is 0 Å². The van der Waals surface area contributed by atoms with Crippen LogP contribution in [0.1, 0.15) is 65.7 Å². The normalized spacial score (nSPS) is 32.2. The molecule has 1 fully saturated rings. The molecule has 0 spiro atoms. The molecule has 1 aliphatic rings. The Bertz CT molecular complexity index is 166. The maximum Gasteiger partial charge on any atom is 0.0282 e. The molecular formula is C14H27Cl. The predicted octanol–water partition coefficient (Wildman–Crippen LogP) is 5.25. The molecule has 0 heterocycles. The second-order valence-corrected chi connectivity index (χ2v) is 6.00. The third-order valence-electron chi connectivity index (χ3n) is 4.56. The van der Waals surface area contributed by atoms with E-state index in [1.54, 1.807) is 0 Å². The molecule has 0 N–H and O–H groups in total. The summed E-state index contributed by atoms with van der Waals surface area (Å²) in [4.78, 5) is 0. The largest absolute Gasteiger partial charge is 0.126 e. The van der Waals surface area contributed by atoms with Gasteiger partial charge in [-0.05, 0) is 42.9 Å². The Kier molecular flexibility index (Phi) is 5.46. The Hall–Kier alpha value is 0.290. The molecule has 1 saturated carbocycles. The molecule has 0 aromatic heterocycles. The lowest BCUT2D eigenvalue weighted by Gasteiger charge is -2.42. The molecule has 0 unspecified atom stereocenters. The van der Waals surface area contributed by atoms with E-state index >= 15 is 0 Å². The Balaban J connectivity index is 2.39. The van der Waals surface area contributed by atoms with Crippen molar-refractivity contribution in [1.29, 1.82) is 0 Å². The molecule has 0 atom stereocenters. The highest BCUT2D eigenvalue weighted by Gasteiger charge is 2.36. The summed E-state index contributed by atoms with van der Waals surface area (Å²) < 4.78 is 0. The Morgan fingerprint density at radius 1 is 1.27 bits per heavy atom. The highest BCUT2D eigenvalue weighted by Crippen LogP contribution is 2.46. The minimum absolute atomic E-state index is 0.463. The molecule has 1 aliphatic carbocycles. The maximum atomic E-state index is 6.18. The van der Waals surface area contributed by atoms with Gasteiger partial charge in [-0.3, -0.25) is 0 Å². The lowest BCUT2D eigenvalue weighted by Crippen LogP contribution is -2.34. The van der Waals surface area contributed by atoms with Gasteiger partial charge in [0.15, 0.2) is 0 Å². The molecule has 90 valence electrons. The summed E-state index contributed by atoms with van der Waals surface area (Å²) >= 11 is 6.18. The van der Waals surface area contributed by atoms with E-state index in [0.29, 0.717) is 5.41 Å². The molecule has 0 bridgehead atoms. The van der Waals surface area contributed by atoms with Crippen molar-refractivity contribution in [2.75, 3.05) is 5.88 Å². The lowest BCUT2D eigenvalue weighted by molar-refractivity contribution is 0.112. The van der Waals surface area contributed by atoms with Crippen LogP contribution in [-0.2, 0) is 0 Å². The lowest BCUT2D eigenvalue weighted by atomic mass is 9.65. The number of hydrogen-bond acceptors (Lipinski definition) is 0. The van der Waals surface area contributed by atoms with Gasteiger partial charge >= 0.3 is 0 Å². The summed E-state index contributed by atoms with van der Waals surface area (Å²) in [7, 11) is 0. The molecule has 1 rings (SSSR count). The van der Waals surface area contributed by atoms with E-state index in [9.17, 15) is 0 Å². The highest BCUT2D eigenvalue weighted by atomic mass is 35.5. The van der Waals surface area contributed by atoms with Crippen molar-refractivity contribution in [1.82, 2.24) is 0 Å². The van der Waals surface area contributed by atoms with Gasteiger partial charge in [0.05, 0.1) is 0 Å². The van der Waals surface area contributed by atoms with Gasteiger partial charge in [-0.1, -0.05) is 40.0 Å². The van der Waals surface area contributed by atoms with Crippen molar-refractivity contribution in [3.8, 4) is 0 Å². The Labute approximate surface area is 101 Å². The van der Waals surface area contributed by atoms with Crippen LogP contribution >= 0.6 is 11.6 Å². The molecule has 15 heavy (non-hydrogen) atoms. The van der Waals surface area contributed by atoms with Crippen molar-refractivity contribution >= 4 is 11.6 Å². The van der Waals surface area contributed by atoms with Crippen molar-refractivity contribution < 1.29 is 0 Å². The first-order valence-electron chi connectivity index (χ1n) is 6.70. The minimum Gasteiger partial charge on any atom is -0.126 e. The SMILES string of the molecule is CCCCC1CCC(CCl)(C(C)C)CC1. The zero-order chi connectivity index (χ0) is 11.3. The van der Waals surface area contributed by atoms with Gasteiger partial charge in [0.2, 0.25) is 0 Å². The zero-order valence-corrected chi connectivity index (χ0v) is 11.4. The fourth-order valence-electron chi connectivity index (χ4n) is 2.90. The molecule has 0 nitrogen and oxygen atoms in total. The summed E-state index contributed by atoms with van der Waals surface area (Å²) in [6.07, 6.45) is 9.79. The highest BCUT2D eigenvalue weighted by molar-refractivity contribution is 6.18. The predicted molar refractivity (Wildman–Crippen MR) is 69.5 cm³/mol. The molecule has 1 heteroatoms. The van der Waals surface area contributed by atoms with E-state index in [4.69, 9.17) is 11.6 Å². The zero-order valence-electron chi connectivity index (χ0n) is 10.7. The van der Waals surface area contributed by atoms with Crippen molar-refractivity contribution in [3.63, 3.8) is 0 Å². The fraction of sp³-hybridized carbons (Fsp3) is 1.00. The van der Waals surface area contributed by atoms with Crippen LogP contribution in [0.3, 0.4) is 0 Å². The monoisotopic (exact) mass is 230 g/mol. The van der Waals surface area contributed by atoms with Crippen molar-refractivity contribution in [2.24, 2.45) is 17.3 Å². The van der Waals surface area contributed by atoms with E-state index in [0.717, 1.165) is 17.7 Å². The van der Waals surface area contributed by atoms with Crippen LogP contribution in [0.25, 0.3) is 0 Å². The van der Waals surface area contributed by atoms with E-state index in [-0.39, 0.29) is 0 Å². The molecule has 0 radical (unpaired) electrons. The average Bonchev–Trinajstić information content (AvgIpc) is 2.27. The first-order valence-corrected chi connectivity index (χ1v) is 7.24. The minimum atomic E-state index is 0.463. The summed E-state index contributed by atoms with van der Waals surface area (Å²) in [6.45, 7) is 6.98. The molecule has 0 aromatic rings. The standard InChI is InChI=1S/C14H27Cl/c1-4-5-6-13-7-9-14(11-15,10-8-13)12(2)3/h12-13H,4-11H2,1-3H3. The third-order valence-corrected chi connectivity index (χ3v) is 5.09. The summed E-state index contributed by atoms with van der Waals surface area (Å²) in [5.41, 5.74) is 0.463. The Morgan fingerprint density at radius 2 is 1.87 bits per heavy atom. The van der Waals surface area contributed by atoms with Gasteiger partial charge in [0.1, 0.15) is 0 Å². The second kappa shape index (κ2) is 6.13. The fourth-order valence-corrected chi connectivity index (χ4v) is 3.48. The second-order valence-electron chi connectivity index (χ2n) is 5.74. The first kappa shape index (κ1) is 13.4. The average molecular weight is 231 g/mol. The van der Waals surface area contributed by atoms with Crippen LogP contribution in [0, 0.1) is 17.3 Å². The van der Waals surface area contributed by atoms with Gasteiger partial charge in [-0.2, -0.15) is 0 Å². The smallest absolute Gasteiger partial charge is 0.0282 e. The summed E-state index contributed by atoms with van der Waals surface area (Å²) in [6, 6.07) is 0. The van der Waals surface area contributed by atoms with Crippen molar-refractivity contribution in [2.45, 2.75) is 65.7 Å². The van der Waals surface area contributed by atoms with Gasteiger partial charge in [-0.25, -0.2) is 0 Å². The van der Waals surface area contributed by atoms with E-state index in [1.165, 1.54) is 44.9 Å². The quantitative estimate of drug-likeness (QED) is 0.566. The summed E-state index contributed by atoms with van der Waals surface area (Å²) in [5, 5.41) is 0. The molecular weight excluding hydrogens is 204 g/mol. The van der Waals surface area contributed by atoms with Gasteiger partial charge < -0.3 is 0 Å². The summed E-state index contributed by atoms with van der Waals surface area (Å²) in [5.74, 6) is 2.62. The molecule has 0 aromatic carbocycles. The number of unbranched alkanes of at least 4 members (excludes halogenated alkanes) is 1. The molecule has 0 amide bonds. The Morgan fingerprint density at radius 3 is 2.27 bits per heavy atom. The van der Waals surface area contributed by atoms with Gasteiger partial charge in [0, 0.05) is 5.88 Å². The van der Waals surface area contributed by atoms with Gasteiger partial charge in [0.25, 0.3) is 0 Å². The van der Waals surface area contributed by atoms with Crippen molar-refractivity contribution in [3.05, 3.63) is 0 Å². The third kappa shape index (κ3) is 3.37. The number of halogens is 1. The van der Waals surface area contributed by atoms with Crippen LogP contribution in [0.15, 0.2) is 0 Å². The maximum absolute atomic E-state index is 6.18. The molecule has 0 saturated heterocycles. The first-order chi connectivity index (χ1) is 7.14. The van der Waals surface area contributed by atoms with Crippen LogP contribution in [0.4, 0.5) is 0 Å². The van der Waals surface area contributed by atoms with E-state index in [2.05, 4.69) is 20.8 Å². The van der Waals surface area contributed by atoms with E-state index < -0.39 is 0 Å². The number of rotatable bonds is 5. The molecule has 0 aliphatic heterocycles. The van der Waals surface area contributed by atoms with Crippen LogP contribution in [0.5, 0.6) is 0 Å². The topological polar surface area (TPSA) is 0 Å². The van der Waals surface area contributed by atoms with Crippen LogP contribution < -0.4 is 0 Å². The number of alkyl halides is 1. The van der Waals surface area contributed by atoms with Crippen LogP contribution in [-0.4, -0.2) is 5.88 Å².